The van der Waals surface area contributed by atoms with Gasteiger partial charge in [-0.25, -0.2) is 0 Å². The molecule has 0 aliphatic heterocycles. The third-order valence-electron chi connectivity index (χ3n) is 3.58. The summed E-state index contributed by atoms with van der Waals surface area (Å²) in [5, 5.41) is 0. The summed E-state index contributed by atoms with van der Waals surface area (Å²) < 4.78 is 0. The molecule has 2 aliphatic rings. The Bertz CT molecular complexity index is 232. The number of hydrogen-bond acceptors (Lipinski definition) is 0. The van der Waals surface area contributed by atoms with Crippen molar-refractivity contribution in [2.75, 3.05) is 0 Å². The molecule has 0 radical (unpaired) electrons. The van der Waals surface area contributed by atoms with Crippen molar-refractivity contribution in [1.29, 1.82) is 0 Å². The standard InChI is InChI=1S/C13H20/c1-10(2)12-9-5-7-11-6-3-4-8-13(11)12/h3-4,9-11,13H,5-8H2,1-2H3. The van der Waals surface area contributed by atoms with Crippen molar-refractivity contribution < 1.29 is 0 Å². The van der Waals surface area contributed by atoms with Crippen LogP contribution in [-0.4, -0.2) is 0 Å². The second-order valence-electron chi connectivity index (χ2n) is 4.75. The molecule has 2 unspecified atom stereocenters. The molecule has 0 spiro atoms. The van der Waals surface area contributed by atoms with Gasteiger partial charge >= 0.3 is 0 Å². The van der Waals surface area contributed by atoms with Crippen molar-refractivity contribution in [3.05, 3.63) is 23.8 Å². The minimum absolute atomic E-state index is 0.763. The van der Waals surface area contributed by atoms with Gasteiger partial charge in [0.2, 0.25) is 0 Å². The Kier molecular flexibility index (Phi) is 2.57. The molecule has 2 aliphatic carbocycles. The molecule has 0 aromatic carbocycles. The molecule has 0 N–H and O–H groups in total. The van der Waals surface area contributed by atoms with Gasteiger partial charge in [-0.15, -0.1) is 0 Å². The van der Waals surface area contributed by atoms with Crippen molar-refractivity contribution in [3.8, 4) is 0 Å². The maximum absolute atomic E-state index is 2.50. The van der Waals surface area contributed by atoms with E-state index in [-0.39, 0.29) is 0 Å². The zero-order valence-electron chi connectivity index (χ0n) is 8.79. The quantitative estimate of drug-likeness (QED) is 0.531. The fourth-order valence-corrected chi connectivity index (χ4v) is 2.88. The minimum atomic E-state index is 0.763. The van der Waals surface area contributed by atoms with E-state index in [1.807, 2.05) is 0 Å². The first-order valence-corrected chi connectivity index (χ1v) is 5.64. The van der Waals surface area contributed by atoms with Gasteiger partial charge in [0, 0.05) is 0 Å². The zero-order valence-corrected chi connectivity index (χ0v) is 8.79. The normalized spacial score (nSPS) is 33.0. The van der Waals surface area contributed by atoms with Gasteiger partial charge in [-0.3, -0.25) is 0 Å². The van der Waals surface area contributed by atoms with Gasteiger partial charge in [0.25, 0.3) is 0 Å². The molecule has 0 bridgehead atoms. The highest BCUT2D eigenvalue weighted by Crippen LogP contribution is 2.40. The second kappa shape index (κ2) is 3.69. The van der Waals surface area contributed by atoms with Crippen molar-refractivity contribution in [1.82, 2.24) is 0 Å². The maximum Gasteiger partial charge on any atom is -0.0135 e. The number of fused-ring (bicyclic) bond motifs is 1. The highest BCUT2D eigenvalue weighted by atomic mass is 14.3. The van der Waals surface area contributed by atoms with E-state index in [1.165, 1.54) is 25.7 Å². The SMILES string of the molecule is CC(C)C1=CCCC2CC=CCC12. The summed E-state index contributed by atoms with van der Waals surface area (Å²) in [7, 11) is 0. The van der Waals surface area contributed by atoms with Crippen LogP contribution in [-0.2, 0) is 0 Å². The molecule has 0 aromatic rings. The van der Waals surface area contributed by atoms with E-state index in [0.29, 0.717) is 0 Å². The lowest BCUT2D eigenvalue weighted by atomic mass is 9.70. The fraction of sp³-hybridized carbons (Fsp3) is 0.692. The summed E-state index contributed by atoms with van der Waals surface area (Å²) in [6.07, 6.45) is 12.6. The molecule has 2 rings (SSSR count). The van der Waals surface area contributed by atoms with E-state index >= 15 is 0 Å². The van der Waals surface area contributed by atoms with Crippen LogP contribution in [0.4, 0.5) is 0 Å². The van der Waals surface area contributed by atoms with Crippen LogP contribution in [0.3, 0.4) is 0 Å². The molecule has 0 saturated carbocycles. The van der Waals surface area contributed by atoms with Crippen LogP contribution >= 0.6 is 0 Å². The van der Waals surface area contributed by atoms with E-state index in [4.69, 9.17) is 0 Å². The Labute approximate surface area is 81.7 Å². The van der Waals surface area contributed by atoms with Gasteiger partial charge in [0.05, 0.1) is 0 Å². The maximum atomic E-state index is 2.50. The van der Waals surface area contributed by atoms with Crippen LogP contribution in [0, 0.1) is 17.8 Å². The van der Waals surface area contributed by atoms with Gasteiger partial charge < -0.3 is 0 Å². The summed E-state index contributed by atoms with van der Waals surface area (Å²) in [6, 6.07) is 0. The Morgan fingerprint density at radius 3 is 2.77 bits per heavy atom. The molecule has 0 saturated heterocycles. The molecule has 13 heavy (non-hydrogen) atoms. The summed E-state index contributed by atoms with van der Waals surface area (Å²) in [4.78, 5) is 0. The summed E-state index contributed by atoms with van der Waals surface area (Å²) >= 11 is 0. The molecular weight excluding hydrogens is 156 g/mol. The van der Waals surface area contributed by atoms with Gasteiger partial charge in [-0.2, -0.15) is 0 Å². The van der Waals surface area contributed by atoms with Crippen LogP contribution in [0.5, 0.6) is 0 Å². The first-order valence-electron chi connectivity index (χ1n) is 5.64. The highest BCUT2D eigenvalue weighted by molar-refractivity contribution is 5.18. The predicted octanol–water partition coefficient (Wildman–Crippen LogP) is 3.95. The molecule has 2 atom stereocenters. The van der Waals surface area contributed by atoms with Crippen molar-refractivity contribution in [3.63, 3.8) is 0 Å². The Hall–Kier alpha value is -0.520. The van der Waals surface area contributed by atoms with E-state index in [0.717, 1.165) is 17.8 Å². The van der Waals surface area contributed by atoms with E-state index in [9.17, 15) is 0 Å². The lowest BCUT2D eigenvalue weighted by molar-refractivity contribution is 0.311. The topological polar surface area (TPSA) is 0 Å². The van der Waals surface area contributed by atoms with Crippen molar-refractivity contribution in [2.24, 2.45) is 17.8 Å². The van der Waals surface area contributed by atoms with E-state index in [2.05, 4.69) is 32.1 Å². The molecule has 0 heteroatoms. The second-order valence-corrected chi connectivity index (χ2v) is 4.75. The third kappa shape index (κ3) is 1.72. The summed E-state index contributed by atoms with van der Waals surface area (Å²) in [5.41, 5.74) is 1.74. The molecule has 0 aromatic heterocycles. The van der Waals surface area contributed by atoms with Crippen LogP contribution < -0.4 is 0 Å². The lowest BCUT2D eigenvalue weighted by Crippen LogP contribution is -2.24. The van der Waals surface area contributed by atoms with Gasteiger partial charge in [0.15, 0.2) is 0 Å². The van der Waals surface area contributed by atoms with Gasteiger partial charge in [0.1, 0.15) is 0 Å². The number of allylic oxidation sites excluding steroid dienone is 4. The highest BCUT2D eigenvalue weighted by Gasteiger charge is 2.28. The van der Waals surface area contributed by atoms with Crippen LogP contribution in [0.25, 0.3) is 0 Å². The molecule has 0 fully saturated rings. The molecule has 0 heterocycles. The average Bonchev–Trinajstić information content (AvgIpc) is 2.17. The first-order chi connectivity index (χ1) is 6.29. The van der Waals surface area contributed by atoms with Crippen molar-refractivity contribution >= 4 is 0 Å². The van der Waals surface area contributed by atoms with E-state index in [1.54, 1.807) is 5.57 Å². The summed E-state index contributed by atoms with van der Waals surface area (Å²) in [6.45, 7) is 4.68. The van der Waals surface area contributed by atoms with Crippen LogP contribution in [0.2, 0.25) is 0 Å². The Balaban J connectivity index is 2.18. The molecular formula is C13H20. The fourth-order valence-electron chi connectivity index (χ4n) is 2.88. The Morgan fingerprint density at radius 1 is 1.23 bits per heavy atom. The van der Waals surface area contributed by atoms with Crippen LogP contribution in [0.15, 0.2) is 23.8 Å². The van der Waals surface area contributed by atoms with Crippen molar-refractivity contribution in [2.45, 2.75) is 39.5 Å². The third-order valence-corrected chi connectivity index (χ3v) is 3.58. The first kappa shape index (κ1) is 9.05. The number of hydrogen-bond donors (Lipinski definition) is 0. The predicted molar refractivity (Wildman–Crippen MR) is 57.5 cm³/mol. The number of rotatable bonds is 1. The minimum Gasteiger partial charge on any atom is -0.0882 e. The van der Waals surface area contributed by atoms with E-state index < -0.39 is 0 Å². The van der Waals surface area contributed by atoms with Crippen LogP contribution in [0.1, 0.15) is 39.5 Å². The Morgan fingerprint density at radius 2 is 2.00 bits per heavy atom. The van der Waals surface area contributed by atoms with Gasteiger partial charge in [-0.05, 0) is 43.4 Å². The monoisotopic (exact) mass is 176 g/mol. The zero-order chi connectivity index (χ0) is 9.26. The average molecular weight is 176 g/mol. The van der Waals surface area contributed by atoms with Gasteiger partial charge in [-0.1, -0.05) is 37.6 Å². The molecule has 0 nitrogen and oxygen atoms in total. The largest absolute Gasteiger partial charge is 0.0882 e. The molecule has 72 valence electrons. The summed E-state index contributed by atoms with van der Waals surface area (Å²) in [5.74, 6) is 2.62. The lowest BCUT2D eigenvalue weighted by Gasteiger charge is -2.35. The molecule has 0 amide bonds. The smallest absolute Gasteiger partial charge is 0.0135 e.